The molecule has 4 nitrogen and oxygen atoms in total. The van der Waals surface area contributed by atoms with Crippen molar-refractivity contribution < 1.29 is 18.7 Å². The van der Waals surface area contributed by atoms with E-state index in [-0.39, 0.29) is 5.82 Å². The lowest BCUT2D eigenvalue weighted by Gasteiger charge is -2.13. The van der Waals surface area contributed by atoms with Gasteiger partial charge in [0.1, 0.15) is 5.82 Å². The number of fused-ring (bicyclic) bond motifs is 1. The van der Waals surface area contributed by atoms with Crippen LogP contribution < -0.4 is 9.47 Å². The second kappa shape index (κ2) is 6.04. The van der Waals surface area contributed by atoms with Gasteiger partial charge in [0.25, 0.3) is 0 Å². The first-order valence-electron chi connectivity index (χ1n) is 6.94. The minimum Gasteiger partial charge on any atom is -0.493 e. The Bertz CT molecular complexity index is 876. The summed E-state index contributed by atoms with van der Waals surface area (Å²) in [5.74, 6) is 0.668. The number of aromatic nitrogens is 1. The standard InChI is InChI=1S/C18H14FNO3/c1-22-16-8-7-14-17(18(16)23-2)12(10-21)9-15(20-14)11-3-5-13(19)6-4-11/h3-10H,1-2H3. The minimum atomic E-state index is -0.323. The number of aldehydes is 1. The predicted molar refractivity (Wildman–Crippen MR) is 85.6 cm³/mol. The lowest BCUT2D eigenvalue weighted by atomic mass is 10.0. The number of benzene rings is 2. The summed E-state index contributed by atoms with van der Waals surface area (Å²) in [7, 11) is 3.05. The number of methoxy groups -OCH3 is 2. The van der Waals surface area contributed by atoms with Gasteiger partial charge in [0.2, 0.25) is 0 Å². The van der Waals surface area contributed by atoms with Gasteiger partial charge in [0.15, 0.2) is 17.8 Å². The maximum atomic E-state index is 13.1. The van der Waals surface area contributed by atoms with Crippen LogP contribution in [-0.4, -0.2) is 25.5 Å². The third kappa shape index (κ3) is 2.61. The Kier molecular flexibility index (Phi) is 3.93. The van der Waals surface area contributed by atoms with E-state index in [4.69, 9.17) is 9.47 Å². The zero-order chi connectivity index (χ0) is 16.4. The van der Waals surface area contributed by atoms with E-state index in [2.05, 4.69) is 4.98 Å². The van der Waals surface area contributed by atoms with Crippen LogP contribution in [0.1, 0.15) is 10.4 Å². The summed E-state index contributed by atoms with van der Waals surface area (Å²) in [5, 5.41) is 0.590. The van der Waals surface area contributed by atoms with E-state index < -0.39 is 0 Å². The largest absolute Gasteiger partial charge is 0.493 e. The molecule has 3 aromatic rings. The highest BCUT2D eigenvalue weighted by atomic mass is 19.1. The second-order valence-electron chi connectivity index (χ2n) is 4.92. The summed E-state index contributed by atoms with van der Waals surface area (Å²) < 4.78 is 23.7. The zero-order valence-corrected chi connectivity index (χ0v) is 12.7. The molecule has 0 saturated heterocycles. The van der Waals surface area contributed by atoms with Crippen molar-refractivity contribution in [3.05, 3.63) is 53.8 Å². The van der Waals surface area contributed by atoms with E-state index in [0.717, 1.165) is 11.8 Å². The van der Waals surface area contributed by atoms with Gasteiger partial charge in [-0.15, -0.1) is 0 Å². The molecule has 0 amide bonds. The van der Waals surface area contributed by atoms with Gasteiger partial charge in [0.05, 0.1) is 30.8 Å². The Morgan fingerprint density at radius 1 is 1.04 bits per heavy atom. The van der Waals surface area contributed by atoms with E-state index in [0.29, 0.717) is 33.7 Å². The topological polar surface area (TPSA) is 48.4 Å². The van der Waals surface area contributed by atoms with Crippen LogP contribution in [0, 0.1) is 5.82 Å². The molecule has 0 bridgehead atoms. The third-order valence-corrected chi connectivity index (χ3v) is 3.61. The summed E-state index contributed by atoms with van der Waals surface area (Å²) >= 11 is 0. The quantitative estimate of drug-likeness (QED) is 0.686. The van der Waals surface area contributed by atoms with Gasteiger partial charge in [0, 0.05) is 11.1 Å². The summed E-state index contributed by atoms with van der Waals surface area (Å²) in [4.78, 5) is 16.1. The minimum absolute atomic E-state index is 0.323. The highest BCUT2D eigenvalue weighted by molar-refractivity contribution is 6.02. The molecule has 0 atom stereocenters. The lowest BCUT2D eigenvalue weighted by Crippen LogP contribution is -1.97. The molecule has 0 fully saturated rings. The molecule has 0 saturated carbocycles. The molecule has 0 aliphatic rings. The molecule has 0 aliphatic heterocycles. The molecule has 0 unspecified atom stereocenters. The molecule has 5 heteroatoms. The van der Waals surface area contributed by atoms with Crippen molar-refractivity contribution in [2.24, 2.45) is 0 Å². The first-order valence-corrected chi connectivity index (χ1v) is 6.94. The van der Waals surface area contributed by atoms with E-state index in [1.165, 1.54) is 26.4 Å². The number of nitrogens with zero attached hydrogens (tertiary/aromatic N) is 1. The van der Waals surface area contributed by atoms with Gasteiger partial charge in [-0.25, -0.2) is 9.37 Å². The van der Waals surface area contributed by atoms with E-state index in [9.17, 15) is 9.18 Å². The number of ether oxygens (including phenoxy) is 2. The van der Waals surface area contributed by atoms with Crippen molar-refractivity contribution in [1.82, 2.24) is 4.98 Å². The number of hydrogen-bond acceptors (Lipinski definition) is 4. The van der Waals surface area contributed by atoms with Crippen molar-refractivity contribution >= 4 is 17.2 Å². The fourth-order valence-electron chi connectivity index (χ4n) is 2.53. The summed E-state index contributed by atoms with van der Waals surface area (Å²) in [6.07, 6.45) is 0.749. The van der Waals surface area contributed by atoms with Crippen LogP contribution in [0.5, 0.6) is 11.5 Å². The van der Waals surface area contributed by atoms with Crippen LogP contribution in [-0.2, 0) is 0 Å². The van der Waals surface area contributed by atoms with Crippen molar-refractivity contribution in [1.29, 1.82) is 0 Å². The Morgan fingerprint density at radius 2 is 1.78 bits per heavy atom. The monoisotopic (exact) mass is 311 g/mol. The van der Waals surface area contributed by atoms with Gasteiger partial charge in [-0.05, 0) is 42.5 Å². The van der Waals surface area contributed by atoms with Crippen LogP contribution in [0.4, 0.5) is 4.39 Å². The van der Waals surface area contributed by atoms with E-state index >= 15 is 0 Å². The first kappa shape index (κ1) is 15.0. The Hall–Kier alpha value is -2.95. The Labute approximate surface area is 132 Å². The Morgan fingerprint density at radius 3 is 2.39 bits per heavy atom. The number of carbonyl (C=O) groups is 1. The lowest BCUT2D eigenvalue weighted by molar-refractivity contribution is 0.112. The molecule has 0 aliphatic carbocycles. The van der Waals surface area contributed by atoms with Gasteiger partial charge in [-0.3, -0.25) is 4.79 Å². The molecule has 3 rings (SSSR count). The van der Waals surface area contributed by atoms with Crippen molar-refractivity contribution in [3.63, 3.8) is 0 Å². The fourth-order valence-corrected chi connectivity index (χ4v) is 2.53. The molecule has 23 heavy (non-hydrogen) atoms. The van der Waals surface area contributed by atoms with E-state index in [1.807, 2.05) is 0 Å². The molecular weight excluding hydrogens is 297 g/mol. The maximum absolute atomic E-state index is 13.1. The van der Waals surface area contributed by atoms with Gasteiger partial charge in [-0.2, -0.15) is 0 Å². The number of pyridine rings is 1. The molecule has 2 aromatic carbocycles. The van der Waals surface area contributed by atoms with Crippen molar-refractivity contribution in [3.8, 4) is 22.8 Å². The average Bonchev–Trinajstić information content (AvgIpc) is 2.60. The number of hydrogen-bond donors (Lipinski definition) is 0. The zero-order valence-electron chi connectivity index (χ0n) is 12.7. The van der Waals surface area contributed by atoms with Gasteiger partial charge < -0.3 is 9.47 Å². The molecule has 0 N–H and O–H groups in total. The molecule has 1 aromatic heterocycles. The summed E-state index contributed by atoms with van der Waals surface area (Å²) in [5.41, 5.74) is 2.36. The highest BCUT2D eigenvalue weighted by Gasteiger charge is 2.15. The van der Waals surface area contributed by atoms with Crippen LogP contribution in [0.3, 0.4) is 0 Å². The number of halogens is 1. The Balaban J connectivity index is 2.29. The number of carbonyl (C=O) groups excluding carboxylic acids is 1. The van der Waals surface area contributed by atoms with Crippen molar-refractivity contribution in [2.45, 2.75) is 0 Å². The first-order chi connectivity index (χ1) is 11.2. The SMILES string of the molecule is COc1ccc2nc(-c3ccc(F)cc3)cc(C=O)c2c1OC. The summed E-state index contributed by atoms with van der Waals surface area (Å²) in [6, 6.07) is 11.1. The predicted octanol–water partition coefficient (Wildman–Crippen LogP) is 3.87. The molecule has 116 valence electrons. The van der Waals surface area contributed by atoms with Crippen LogP contribution in [0.2, 0.25) is 0 Å². The van der Waals surface area contributed by atoms with Crippen LogP contribution in [0.15, 0.2) is 42.5 Å². The normalized spacial score (nSPS) is 10.6. The average molecular weight is 311 g/mol. The van der Waals surface area contributed by atoms with Gasteiger partial charge in [-0.1, -0.05) is 0 Å². The van der Waals surface area contributed by atoms with Gasteiger partial charge >= 0.3 is 0 Å². The molecule has 1 heterocycles. The third-order valence-electron chi connectivity index (χ3n) is 3.61. The van der Waals surface area contributed by atoms with Crippen LogP contribution >= 0.6 is 0 Å². The molecule has 0 spiro atoms. The van der Waals surface area contributed by atoms with Crippen molar-refractivity contribution in [2.75, 3.05) is 14.2 Å². The number of rotatable bonds is 4. The smallest absolute Gasteiger partial charge is 0.170 e. The van der Waals surface area contributed by atoms with E-state index in [1.54, 1.807) is 30.3 Å². The second-order valence-corrected chi connectivity index (χ2v) is 4.92. The molecular formula is C18H14FNO3. The van der Waals surface area contributed by atoms with Crippen LogP contribution in [0.25, 0.3) is 22.2 Å². The summed E-state index contributed by atoms with van der Waals surface area (Å²) in [6.45, 7) is 0. The fraction of sp³-hybridized carbons (Fsp3) is 0.111. The highest BCUT2D eigenvalue weighted by Crippen LogP contribution is 2.37. The maximum Gasteiger partial charge on any atom is 0.170 e. The molecule has 0 radical (unpaired) electrons.